The van der Waals surface area contributed by atoms with Gasteiger partial charge in [-0.15, -0.1) is 0 Å². The fraction of sp³-hybridized carbons (Fsp3) is 0.125. The molecular formula is C16H9ClF2N4O2. The van der Waals surface area contributed by atoms with Crippen molar-refractivity contribution in [2.24, 2.45) is 10.3 Å². The Morgan fingerprint density at radius 1 is 0.920 bits per heavy atom. The summed E-state index contributed by atoms with van der Waals surface area (Å²) in [4.78, 5) is 26.1. The number of imide groups is 1. The first-order valence-electron chi connectivity index (χ1n) is 7.26. The summed E-state index contributed by atoms with van der Waals surface area (Å²) >= 11 is 5.84. The normalized spacial score (nSPS) is 22.0. The van der Waals surface area contributed by atoms with Crippen LogP contribution in [0.4, 0.5) is 20.2 Å². The molecule has 0 saturated carbocycles. The summed E-state index contributed by atoms with van der Waals surface area (Å²) in [6, 6.07) is 7.34. The molecule has 0 radical (unpaired) electrons. The lowest BCUT2D eigenvalue weighted by Gasteiger charge is -2.20. The molecule has 2 aromatic carbocycles. The van der Waals surface area contributed by atoms with E-state index in [4.69, 9.17) is 11.6 Å². The van der Waals surface area contributed by atoms with Crippen LogP contribution < -0.4 is 9.91 Å². The topological polar surface area (TPSA) is 65.3 Å². The largest absolute Gasteiger partial charge is 0.271 e. The average Bonchev–Trinajstić information content (AvgIpc) is 3.12. The van der Waals surface area contributed by atoms with Crippen LogP contribution in [0.2, 0.25) is 5.02 Å². The highest BCUT2D eigenvalue weighted by molar-refractivity contribution is 6.30. The number of carbonyl (C=O) groups excluding carboxylic acids is 2. The van der Waals surface area contributed by atoms with Crippen molar-refractivity contribution < 1.29 is 18.4 Å². The number of anilines is 2. The second-order valence-electron chi connectivity index (χ2n) is 5.53. The summed E-state index contributed by atoms with van der Waals surface area (Å²) in [6.07, 6.45) is 0. The van der Waals surface area contributed by atoms with Crippen LogP contribution in [0.15, 0.2) is 52.8 Å². The lowest BCUT2D eigenvalue weighted by molar-refractivity contribution is -0.121. The van der Waals surface area contributed by atoms with Crippen LogP contribution in [0, 0.1) is 11.6 Å². The van der Waals surface area contributed by atoms with Gasteiger partial charge in [0.2, 0.25) is 0 Å². The number of fused-ring (bicyclic) bond motifs is 1. The van der Waals surface area contributed by atoms with E-state index in [1.165, 1.54) is 11.1 Å². The SMILES string of the molecule is O=C1[C@H]2N=NN(c3ccc(Cl)cc3)[C@@H]2C(=O)N1c1ccc(F)c(F)c1. The molecular weight excluding hydrogens is 354 g/mol. The zero-order valence-corrected chi connectivity index (χ0v) is 13.2. The maximum Gasteiger partial charge on any atom is 0.263 e. The molecule has 6 nitrogen and oxygen atoms in total. The lowest BCUT2D eigenvalue weighted by atomic mass is 10.1. The predicted octanol–water partition coefficient (Wildman–Crippen LogP) is 3.12. The summed E-state index contributed by atoms with van der Waals surface area (Å²) in [5, 5.41) is 9.59. The molecule has 2 aliphatic rings. The molecule has 0 aromatic heterocycles. The summed E-state index contributed by atoms with van der Waals surface area (Å²) in [7, 11) is 0. The molecule has 1 saturated heterocycles. The lowest BCUT2D eigenvalue weighted by Crippen LogP contribution is -2.39. The molecule has 9 heteroatoms. The fourth-order valence-electron chi connectivity index (χ4n) is 2.85. The van der Waals surface area contributed by atoms with Crippen LogP contribution >= 0.6 is 11.6 Å². The van der Waals surface area contributed by atoms with Crippen LogP contribution in [0.3, 0.4) is 0 Å². The van der Waals surface area contributed by atoms with E-state index in [0.717, 1.165) is 17.0 Å². The smallest absolute Gasteiger partial charge is 0.263 e. The van der Waals surface area contributed by atoms with Gasteiger partial charge in [-0.3, -0.25) is 9.59 Å². The van der Waals surface area contributed by atoms with Crippen molar-refractivity contribution in [1.82, 2.24) is 0 Å². The molecule has 2 heterocycles. The maximum atomic E-state index is 13.5. The molecule has 2 amide bonds. The minimum Gasteiger partial charge on any atom is -0.271 e. The van der Waals surface area contributed by atoms with Crippen molar-refractivity contribution in [3.63, 3.8) is 0 Å². The molecule has 25 heavy (non-hydrogen) atoms. The van der Waals surface area contributed by atoms with Gasteiger partial charge in [-0.05, 0) is 36.4 Å². The number of halogens is 3. The van der Waals surface area contributed by atoms with E-state index < -0.39 is 35.5 Å². The molecule has 0 spiro atoms. The van der Waals surface area contributed by atoms with Gasteiger partial charge >= 0.3 is 0 Å². The Morgan fingerprint density at radius 2 is 1.60 bits per heavy atom. The van der Waals surface area contributed by atoms with E-state index in [-0.39, 0.29) is 5.69 Å². The number of hydrogen-bond acceptors (Lipinski definition) is 5. The average molecular weight is 363 g/mol. The Balaban J connectivity index is 1.70. The van der Waals surface area contributed by atoms with Crippen molar-refractivity contribution in [3.8, 4) is 0 Å². The molecule has 0 bridgehead atoms. The summed E-state index contributed by atoms with van der Waals surface area (Å²) in [5.74, 6) is -3.46. The number of benzene rings is 2. The third-order valence-corrected chi connectivity index (χ3v) is 4.29. The molecule has 1 fully saturated rings. The van der Waals surface area contributed by atoms with Gasteiger partial charge in [-0.1, -0.05) is 16.8 Å². The van der Waals surface area contributed by atoms with Crippen LogP contribution in [-0.2, 0) is 9.59 Å². The fourth-order valence-corrected chi connectivity index (χ4v) is 2.97. The highest BCUT2D eigenvalue weighted by atomic mass is 35.5. The van der Waals surface area contributed by atoms with Crippen molar-refractivity contribution in [2.75, 3.05) is 9.91 Å². The minimum atomic E-state index is -1.15. The summed E-state index contributed by atoms with van der Waals surface area (Å²) in [5.41, 5.74) is 0.489. The molecule has 2 aromatic rings. The van der Waals surface area contributed by atoms with Crippen LogP contribution in [0.25, 0.3) is 0 Å². The number of rotatable bonds is 2. The summed E-state index contributed by atoms with van der Waals surface area (Å²) < 4.78 is 26.6. The van der Waals surface area contributed by atoms with Gasteiger partial charge in [-0.25, -0.2) is 18.7 Å². The van der Waals surface area contributed by atoms with Gasteiger partial charge in [0, 0.05) is 11.1 Å². The van der Waals surface area contributed by atoms with Crippen LogP contribution in [0.1, 0.15) is 0 Å². The highest BCUT2D eigenvalue weighted by Gasteiger charge is 2.55. The first-order chi connectivity index (χ1) is 12.0. The molecule has 4 rings (SSSR count). The van der Waals surface area contributed by atoms with Gasteiger partial charge in [-0.2, -0.15) is 5.11 Å². The van der Waals surface area contributed by atoms with Crippen molar-refractivity contribution in [3.05, 3.63) is 59.1 Å². The Hall–Kier alpha value is -2.87. The Labute approximate surface area is 145 Å². The number of amides is 2. The molecule has 2 atom stereocenters. The van der Waals surface area contributed by atoms with Crippen molar-refractivity contribution in [2.45, 2.75) is 12.1 Å². The van der Waals surface area contributed by atoms with Gasteiger partial charge in [0.25, 0.3) is 11.8 Å². The maximum absolute atomic E-state index is 13.5. The van der Waals surface area contributed by atoms with E-state index in [1.807, 2.05) is 0 Å². The molecule has 0 aliphatic carbocycles. The van der Waals surface area contributed by atoms with Gasteiger partial charge < -0.3 is 0 Å². The Kier molecular flexibility index (Phi) is 3.50. The number of carbonyl (C=O) groups is 2. The van der Waals surface area contributed by atoms with E-state index in [0.29, 0.717) is 10.7 Å². The summed E-state index contributed by atoms with van der Waals surface area (Å²) in [6.45, 7) is 0. The monoisotopic (exact) mass is 362 g/mol. The van der Waals surface area contributed by atoms with Gasteiger partial charge in [0.1, 0.15) is 0 Å². The first kappa shape index (κ1) is 15.6. The zero-order chi connectivity index (χ0) is 17.7. The standard InChI is InChI=1S/C16H9ClF2N4O2/c17-8-1-3-9(4-2-8)23-14-13(20-21-23)15(24)22(16(14)25)10-5-6-11(18)12(19)7-10/h1-7,13-14H/t13-,14-/m0/s1. The second kappa shape index (κ2) is 5.59. The first-order valence-corrected chi connectivity index (χ1v) is 7.63. The van der Waals surface area contributed by atoms with Crippen LogP contribution in [0.5, 0.6) is 0 Å². The second-order valence-corrected chi connectivity index (χ2v) is 5.96. The van der Waals surface area contributed by atoms with E-state index in [2.05, 4.69) is 10.3 Å². The van der Waals surface area contributed by atoms with Gasteiger partial charge in [0.15, 0.2) is 23.7 Å². The zero-order valence-electron chi connectivity index (χ0n) is 12.4. The van der Waals surface area contributed by atoms with E-state index in [9.17, 15) is 18.4 Å². The van der Waals surface area contributed by atoms with E-state index >= 15 is 0 Å². The molecule has 126 valence electrons. The Morgan fingerprint density at radius 3 is 2.28 bits per heavy atom. The quantitative estimate of drug-likeness (QED) is 0.771. The van der Waals surface area contributed by atoms with E-state index in [1.54, 1.807) is 24.3 Å². The third-order valence-electron chi connectivity index (χ3n) is 4.03. The van der Waals surface area contributed by atoms with Crippen molar-refractivity contribution in [1.29, 1.82) is 0 Å². The molecule has 0 unspecified atom stereocenters. The van der Waals surface area contributed by atoms with Crippen molar-refractivity contribution >= 4 is 34.8 Å². The third kappa shape index (κ3) is 2.37. The number of hydrogen-bond donors (Lipinski definition) is 0. The minimum absolute atomic E-state index is 0.0467. The number of nitrogens with zero attached hydrogens (tertiary/aromatic N) is 4. The highest BCUT2D eigenvalue weighted by Crippen LogP contribution is 2.35. The predicted molar refractivity (Wildman–Crippen MR) is 85.2 cm³/mol. The van der Waals surface area contributed by atoms with Crippen LogP contribution in [-0.4, -0.2) is 23.9 Å². The Bertz CT molecular complexity index is 919. The molecule has 2 aliphatic heterocycles. The molecule has 0 N–H and O–H groups in total. The van der Waals surface area contributed by atoms with Gasteiger partial charge in [0.05, 0.1) is 11.4 Å².